The Labute approximate surface area is 140 Å². The highest BCUT2D eigenvalue weighted by molar-refractivity contribution is 5.81. The quantitative estimate of drug-likeness (QED) is 0.656. The van der Waals surface area contributed by atoms with E-state index in [1.165, 1.54) is 0 Å². The van der Waals surface area contributed by atoms with Crippen LogP contribution in [-0.4, -0.2) is 62.1 Å². The molecule has 1 heterocycles. The number of ether oxygens (including phenoxy) is 1. The highest BCUT2D eigenvalue weighted by Crippen LogP contribution is 2.16. The van der Waals surface area contributed by atoms with Crippen LogP contribution in [0.25, 0.3) is 0 Å². The van der Waals surface area contributed by atoms with Crippen LogP contribution < -0.4 is 10.6 Å². The summed E-state index contributed by atoms with van der Waals surface area (Å²) in [5.41, 5.74) is -0.349. The van der Waals surface area contributed by atoms with E-state index < -0.39 is 0 Å². The summed E-state index contributed by atoms with van der Waals surface area (Å²) in [5.74, 6) is 0.168. The van der Waals surface area contributed by atoms with Crippen molar-refractivity contribution in [2.75, 3.05) is 39.4 Å². The Bertz CT molecular complexity index is 372. The van der Waals surface area contributed by atoms with Gasteiger partial charge in [0.05, 0.1) is 6.54 Å². The van der Waals surface area contributed by atoms with Gasteiger partial charge in [-0.05, 0) is 26.2 Å². The molecule has 1 rings (SSSR count). The highest BCUT2D eigenvalue weighted by atomic mass is 16.5. The summed E-state index contributed by atoms with van der Waals surface area (Å²) < 4.78 is 5.24. The van der Waals surface area contributed by atoms with E-state index >= 15 is 0 Å². The molecule has 0 atom stereocenters. The molecule has 1 fully saturated rings. The number of nitrogens with zero attached hydrogens (tertiary/aromatic N) is 1. The molecule has 1 aliphatic heterocycles. The van der Waals surface area contributed by atoms with Crippen LogP contribution in [0.15, 0.2) is 0 Å². The van der Waals surface area contributed by atoms with E-state index in [-0.39, 0.29) is 23.3 Å². The first kappa shape index (κ1) is 19.9. The fourth-order valence-corrected chi connectivity index (χ4v) is 2.44. The lowest BCUT2D eigenvalue weighted by Gasteiger charge is -2.33. The molecule has 2 N–H and O–H groups in total. The molecule has 0 aromatic rings. The van der Waals surface area contributed by atoms with Crippen molar-refractivity contribution in [1.82, 2.24) is 15.5 Å². The lowest BCUT2D eigenvalue weighted by atomic mass is 9.94. The minimum absolute atomic E-state index is 0.0682. The van der Waals surface area contributed by atoms with Gasteiger partial charge in [-0.3, -0.25) is 14.5 Å². The zero-order valence-corrected chi connectivity index (χ0v) is 15.1. The lowest BCUT2D eigenvalue weighted by Crippen LogP contribution is -2.49. The first-order chi connectivity index (χ1) is 10.8. The third-order valence-corrected chi connectivity index (χ3v) is 3.96. The molecule has 1 aliphatic rings. The topological polar surface area (TPSA) is 70.7 Å². The molecule has 0 saturated carbocycles. The minimum Gasteiger partial charge on any atom is -0.382 e. The van der Waals surface area contributed by atoms with Crippen LogP contribution in [0.1, 0.15) is 47.0 Å². The standard InChI is InChI=1S/C17H33N3O3/c1-5-23-12-6-9-18-15(21)13-20-10-7-14(8-11-20)19-16(22)17(2,3)4/h14H,5-13H2,1-4H3,(H,18,21)(H,19,22). The number of rotatable bonds is 8. The maximum Gasteiger partial charge on any atom is 0.234 e. The van der Waals surface area contributed by atoms with E-state index in [9.17, 15) is 9.59 Å². The number of likely N-dealkylation sites (tertiary alicyclic amines) is 1. The van der Waals surface area contributed by atoms with Crippen molar-refractivity contribution in [2.24, 2.45) is 5.41 Å². The number of hydrogen-bond acceptors (Lipinski definition) is 4. The van der Waals surface area contributed by atoms with E-state index in [0.29, 0.717) is 26.3 Å². The Morgan fingerprint density at radius 2 is 1.87 bits per heavy atom. The largest absolute Gasteiger partial charge is 0.382 e. The second-order valence-corrected chi connectivity index (χ2v) is 7.17. The molecule has 2 amide bonds. The van der Waals surface area contributed by atoms with Gasteiger partial charge in [-0.2, -0.15) is 0 Å². The van der Waals surface area contributed by atoms with E-state index in [4.69, 9.17) is 4.74 Å². The Morgan fingerprint density at radius 1 is 1.22 bits per heavy atom. The molecule has 134 valence electrons. The van der Waals surface area contributed by atoms with Crippen molar-refractivity contribution >= 4 is 11.8 Å². The van der Waals surface area contributed by atoms with Crippen LogP contribution in [0.2, 0.25) is 0 Å². The second kappa shape index (κ2) is 9.88. The van der Waals surface area contributed by atoms with Crippen molar-refractivity contribution in [3.8, 4) is 0 Å². The molecule has 6 heteroatoms. The summed E-state index contributed by atoms with van der Waals surface area (Å²) in [5, 5.41) is 6.03. The monoisotopic (exact) mass is 327 g/mol. The van der Waals surface area contributed by atoms with Gasteiger partial charge in [-0.15, -0.1) is 0 Å². The van der Waals surface area contributed by atoms with Crippen LogP contribution in [0.4, 0.5) is 0 Å². The molecule has 6 nitrogen and oxygen atoms in total. The second-order valence-electron chi connectivity index (χ2n) is 7.17. The smallest absolute Gasteiger partial charge is 0.234 e. The van der Waals surface area contributed by atoms with Crippen molar-refractivity contribution < 1.29 is 14.3 Å². The molecule has 0 aliphatic carbocycles. The zero-order valence-electron chi connectivity index (χ0n) is 15.1. The molecule has 0 radical (unpaired) electrons. The highest BCUT2D eigenvalue weighted by Gasteiger charge is 2.26. The Morgan fingerprint density at radius 3 is 2.43 bits per heavy atom. The molecule has 0 aromatic carbocycles. The van der Waals surface area contributed by atoms with Gasteiger partial charge in [0.15, 0.2) is 0 Å². The van der Waals surface area contributed by atoms with Gasteiger partial charge in [0, 0.05) is 44.3 Å². The molecule has 0 unspecified atom stereocenters. The van der Waals surface area contributed by atoms with Gasteiger partial charge in [0.2, 0.25) is 11.8 Å². The van der Waals surface area contributed by atoms with E-state index in [1.807, 2.05) is 27.7 Å². The maximum absolute atomic E-state index is 12.0. The van der Waals surface area contributed by atoms with Gasteiger partial charge in [0.1, 0.15) is 0 Å². The van der Waals surface area contributed by atoms with Crippen LogP contribution in [0.5, 0.6) is 0 Å². The average Bonchev–Trinajstić information content (AvgIpc) is 2.48. The average molecular weight is 327 g/mol. The predicted octanol–water partition coefficient (Wildman–Crippen LogP) is 1.16. The predicted molar refractivity (Wildman–Crippen MR) is 91.2 cm³/mol. The summed E-state index contributed by atoms with van der Waals surface area (Å²) in [4.78, 5) is 26.0. The molecule has 0 bridgehead atoms. The Balaban J connectivity index is 2.16. The summed E-state index contributed by atoms with van der Waals surface area (Å²) >= 11 is 0. The van der Waals surface area contributed by atoms with Crippen LogP contribution in [0, 0.1) is 5.41 Å². The Hall–Kier alpha value is -1.14. The van der Waals surface area contributed by atoms with Crippen LogP contribution in [0.3, 0.4) is 0 Å². The van der Waals surface area contributed by atoms with Gasteiger partial charge in [-0.25, -0.2) is 0 Å². The van der Waals surface area contributed by atoms with Crippen molar-refractivity contribution in [3.05, 3.63) is 0 Å². The van der Waals surface area contributed by atoms with E-state index in [1.54, 1.807) is 0 Å². The lowest BCUT2D eigenvalue weighted by molar-refractivity contribution is -0.130. The van der Waals surface area contributed by atoms with Crippen LogP contribution >= 0.6 is 0 Å². The summed E-state index contributed by atoms with van der Waals surface area (Å²) in [6, 6.07) is 0.229. The molecule has 0 spiro atoms. The van der Waals surface area contributed by atoms with Crippen molar-refractivity contribution in [3.63, 3.8) is 0 Å². The first-order valence-electron chi connectivity index (χ1n) is 8.70. The molecular formula is C17H33N3O3. The van der Waals surface area contributed by atoms with Gasteiger partial charge in [-0.1, -0.05) is 20.8 Å². The molecule has 0 aromatic heterocycles. The normalized spacial score (nSPS) is 17.0. The van der Waals surface area contributed by atoms with Gasteiger partial charge < -0.3 is 15.4 Å². The van der Waals surface area contributed by atoms with Crippen molar-refractivity contribution in [1.29, 1.82) is 0 Å². The molecule has 1 saturated heterocycles. The Kier molecular flexibility index (Phi) is 8.55. The summed E-state index contributed by atoms with van der Waals surface area (Å²) in [7, 11) is 0. The molecule has 23 heavy (non-hydrogen) atoms. The van der Waals surface area contributed by atoms with Gasteiger partial charge in [0.25, 0.3) is 0 Å². The summed E-state index contributed by atoms with van der Waals surface area (Å²) in [6.45, 7) is 11.9. The third-order valence-electron chi connectivity index (χ3n) is 3.96. The number of carbonyl (C=O) groups excluding carboxylic acids is 2. The fourth-order valence-electron chi connectivity index (χ4n) is 2.44. The number of nitrogens with one attached hydrogen (secondary N) is 2. The number of piperidine rings is 1. The SMILES string of the molecule is CCOCCCNC(=O)CN1CCC(NC(=O)C(C)(C)C)CC1. The number of hydrogen-bond donors (Lipinski definition) is 2. The van der Waals surface area contributed by atoms with Crippen LogP contribution in [-0.2, 0) is 14.3 Å². The summed E-state index contributed by atoms with van der Waals surface area (Å²) in [6.07, 6.45) is 2.65. The van der Waals surface area contributed by atoms with E-state index in [0.717, 1.165) is 32.4 Å². The first-order valence-corrected chi connectivity index (χ1v) is 8.70. The van der Waals surface area contributed by atoms with E-state index in [2.05, 4.69) is 15.5 Å². The number of amides is 2. The number of carbonyl (C=O) groups is 2. The fraction of sp³-hybridized carbons (Fsp3) is 0.882. The zero-order chi connectivity index (χ0) is 17.3. The maximum atomic E-state index is 12.0. The third kappa shape index (κ3) is 8.32. The minimum atomic E-state index is -0.349. The van der Waals surface area contributed by atoms with Crippen molar-refractivity contribution in [2.45, 2.75) is 53.0 Å². The van der Waals surface area contributed by atoms with Gasteiger partial charge >= 0.3 is 0 Å². The molecular weight excluding hydrogens is 294 g/mol.